The molecule has 134 valence electrons. The maximum absolute atomic E-state index is 12.3. The summed E-state index contributed by atoms with van der Waals surface area (Å²) in [7, 11) is 0. The molecule has 2 heterocycles. The SMILES string of the molecule is O=C1N=C(Nc2c(Cl)cccc2Cl)S/C1=C\c1cc2cccnc2cc1Cl. The Morgan fingerprint density at radius 2 is 1.78 bits per heavy atom. The second-order valence-corrected chi connectivity index (χ2v) is 7.88. The average Bonchev–Trinajstić information content (AvgIpc) is 2.98. The smallest absolute Gasteiger partial charge is 0.286 e. The molecule has 0 spiro atoms. The second kappa shape index (κ2) is 7.52. The van der Waals surface area contributed by atoms with E-state index in [0.717, 1.165) is 16.5 Å². The van der Waals surface area contributed by atoms with Crippen LogP contribution in [0.3, 0.4) is 0 Å². The number of hydrogen-bond donors (Lipinski definition) is 1. The molecule has 2 aromatic carbocycles. The normalized spacial score (nSPS) is 15.4. The molecule has 1 aliphatic heterocycles. The molecule has 4 nitrogen and oxygen atoms in total. The minimum atomic E-state index is -0.354. The number of aromatic nitrogens is 1. The fourth-order valence-corrected chi connectivity index (χ4v) is 4.06. The van der Waals surface area contributed by atoms with Crippen LogP contribution in [0.15, 0.2) is 58.6 Å². The van der Waals surface area contributed by atoms with Gasteiger partial charge in [0.05, 0.1) is 31.2 Å². The lowest BCUT2D eigenvalue weighted by Crippen LogP contribution is -2.05. The van der Waals surface area contributed by atoms with E-state index < -0.39 is 0 Å². The fourth-order valence-electron chi connectivity index (χ4n) is 2.55. The number of nitrogens with one attached hydrogen (secondary N) is 1. The Balaban J connectivity index is 1.62. The highest BCUT2D eigenvalue weighted by atomic mass is 35.5. The molecule has 8 heteroatoms. The van der Waals surface area contributed by atoms with Crippen molar-refractivity contribution in [1.29, 1.82) is 0 Å². The molecule has 0 atom stereocenters. The number of rotatable bonds is 2. The number of pyridine rings is 1. The number of anilines is 1. The van der Waals surface area contributed by atoms with Crippen molar-refractivity contribution >= 4 is 80.3 Å². The average molecular weight is 435 g/mol. The van der Waals surface area contributed by atoms with Crippen LogP contribution in [-0.2, 0) is 4.79 Å². The van der Waals surface area contributed by atoms with Crippen molar-refractivity contribution in [2.45, 2.75) is 0 Å². The summed E-state index contributed by atoms with van der Waals surface area (Å²) in [6.45, 7) is 0. The molecule has 3 aromatic rings. The zero-order valence-corrected chi connectivity index (χ0v) is 16.6. The molecule has 0 aliphatic carbocycles. The van der Waals surface area contributed by atoms with Gasteiger partial charge in [-0.25, -0.2) is 0 Å². The van der Waals surface area contributed by atoms with E-state index in [1.165, 1.54) is 11.8 Å². The van der Waals surface area contributed by atoms with Crippen LogP contribution in [0.25, 0.3) is 17.0 Å². The molecule has 1 N–H and O–H groups in total. The first kappa shape index (κ1) is 18.3. The predicted molar refractivity (Wildman–Crippen MR) is 115 cm³/mol. The number of amides is 1. The van der Waals surface area contributed by atoms with Gasteiger partial charge in [-0.15, -0.1) is 0 Å². The Kier molecular flexibility index (Phi) is 5.10. The molecule has 0 fully saturated rings. The van der Waals surface area contributed by atoms with Crippen LogP contribution in [-0.4, -0.2) is 16.1 Å². The van der Waals surface area contributed by atoms with Gasteiger partial charge in [0, 0.05) is 11.6 Å². The quantitative estimate of drug-likeness (QED) is 0.482. The summed E-state index contributed by atoms with van der Waals surface area (Å²) < 4.78 is 0. The van der Waals surface area contributed by atoms with Crippen molar-refractivity contribution in [2.75, 3.05) is 5.32 Å². The Morgan fingerprint density at radius 1 is 1.00 bits per heavy atom. The van der Waals surface area contributed by atoms with Crippen molar-refractivity contribution < 1.29 is 4.79 Å². The maximum atomic E-state index is 12.3. The summed E-state index contributed by atoms with van der Waals surface area (Å²) in [5.41, 5.74) is 2.03. The van der Waals surface area contributed by atoms with E-state index in [1.807, 2.05) is 18.2 Å². The third-order valence-electron chi connectivity index (χ3n) is 3.82. The molecule has 0 unspecified atom stereocenters. The van der Waals surface area contributed by atoms with Crippen molar-refractivity contribution in [2.24, 2.45) is 4.99 Å². The number of halogens is 3. The first-order valence-electron chi connectivity index (χ1n) is 7.79. The number of hydrogen-bond acceptors (Lipinski definition) is 4. The zero-order chi connectivity index (χ0) is 19.0. The van der Waals surface area contributed by atoms with E-state index in [1.54, 1.807) is 36.5 Å². The molecule has 1 aromatic heterocycles. The van der Waals surface area contributed by atoms with E-state index in [4.69, 9.17) is 34.8 Å². The second-order valence-electron chi connectivity index (χ2n) is 5.62. The van der Waals surface area contributed by atoms with E-state index in [-0.39, 0.29) is 5.91 Å². The van der Waals surface area contributed by atoms with Gasteiger partial charge in [-0.3, -0.25) is 9.78 Å². The third kappa shape index (κ3) is 3.82. The van der Waals surface area contributed by atoms with Crippen molar-refractivity contribution in [1.82, 2.24) is 4.98 Å². The molecular weight excluding hydrogens is 425 g/mol. The number of carbonyl (C=O) groups is 1. The number of amidine groups is 1. The molecule has 4 rings (SSSR count). The lowest BCUT2D eigenvalue weighted by atomic mass is 10.1. The Bertz CT molecular complexity index is 1120. The highest BCUT2D eigenvalue weighted by Crippen LogP contribution is 2.35. The van der Waals surface area contributed by atoms with Crippen molar-refractivity contribution in [3.8, 4) is 0 Å². The van der Waals surface area contributed by atoms with Gasteiger partial charge < -0.3 is 5.32 Å². The standard InChI is InChI=1S/C19H10Cl3N3OS/c20-12-4-1-5-13(21)17(12)24-19-25-18(26)16(27-19)8-11-7-10-3-2-6-23-15(10)9-14(11)22/h1-9H,(H,24,25,26)/b16-8-. The van der Waals surface area contributed by atoms with Crippen LogP contribution in [0.5, 0.6) is 0 Å². The van der Waals surface area contributed by atoms with Crippen LogP contribution in [0, 0.1) is 0 Å². The molecule has 0 radical (unpaired) electrons. The Hall–Kier alpha value is -2.05. The minimum Gasteiger partial charge on any atom is -0.332 e. The predicted octanol–water partition coefficient (Wildman–Crippen LogP) is 6.28. The van der Waals surface area contributed by atoms with Crippen LogP contribution >= 0.6 is 46.6 Å². The Labute approximate surface area is 174 Å². The molecule has 1 amide bonds. The minimum absolute atomic E-state index is 0.354. The van der Waals surface area contributed by atoms with Crippen molar-refractivity contribution in [3.05, 3.63) is 74.2 Å². The van der Waals surface area contributed by atoms with E-state index >= 15 is 0 Å². The number of thioether (sulfide) groups is 1. The number of fused-ring (bicyclic) bond motifs is 1. The number of benzene rings is 2. The first-order chi connectivity index (χ1) is 13.0. The highest BCUT2D eigenvalue weighted by Gasteiger charge is 2.23. The summed E-state index contributed by atoms with van der Waals surface area (Å²) >= 11 is 19.8. The summed E-state index contributed by atoms with van der Waals surface area (Å²) in [5, 5.41) is 5.75. The largest absolute Gasteiger partial charge is 0.332 e. The van der Waals surface area contributed by atoms with Gasteiger partial charge in [0.25, 0.3) is 5.91 Å². The number of aliphatic imine (C=N–C) groups is 1. The van der Waals surface area contributed by atoms with Crippen LogP contribution in [0.4, 0.5) is 5.69 Å². The van der Waals surface area contributed by atoms with Gasteiger partial charge >= 0.3 is 0 Å². The number of nitrogens with zero attached hydrogens (tertiary/aromatic N) is 2. The van der Waals surface area contributed by atoms with Gasteiger partial charge in [-0.1, -0.05) is 46.9 Å². The Morgan fingerprint density at radius 3 is 2.56 bits per heavy atom. The van der Waals surface area contributed by atoms with Gasteiger partial charge in [0.15, 0.2) is 5.17 Å². The maximum Gasteiger partial charge on any atom is 0.286 e. The molecule has 0 bridgehead atoms. The third-order valence-corrected chi connectivity index (χ3v) is 5.68. The summed E-state index contributed by atoms with van der Waals surface area (Å²) in [6, 6.07) is 12.6. The summed E-state index contributed by atoms with van der Waals surface area (Å²) in [6.07, 6.45) is 3.42. The fraction of sp³-hybridized carbons (Fsp3) is 0. The van der Waals surface area contributed by atoms with Gasteiger partial charge in [0.2, 0.25) is 0 Å². The van der Waals surface area contributed by atoms with Gasteiger partial charge in [-0.05, 0) is 53.7 Å². The summed E-state index contributed by atoms with van der Waals surface area (Å²) in [4.78, 5) is 21.0. The van der Waals surface area contributed by atoms with E-state index in [2.05, 4.69) is 15.3 Å². The monoisotopic (exact) mass is 433 g/mol. The molecule has 1 aliphatic rings. The first-order valence-corrected chi connectivity index (χ1v) is 9.74. The summed E-state index contributed by atoms with van der Waals surface area (Å²) in [5.74, 6) is -0.354. The van der Waals surface area contributed by atoms with Gasteiger partial charge in [-0.2, -0.15) is 4.99 Å². The molecule has 27 heavy (non-hydrogen) atoms. The molecule has 0 saturated carbocycles. The lowest BCUT2D eigenvalue weighted by molar-refractivity contribution is -0.113. The lowest BCUT2D eigenvalue weighted by Gasteiger charge is -2.08. The highest BCUT2D eigenvalue weighted by molar-refractivity contribution is 8.18. The topological polar surface area (TPSA) is 54.4 Å². The van der Waals surface area contributed by atoms with Crippen LogP contribution < -0.4 is 5.32 Å². The van der Waals surface area contributed by atoms with Crippen LogP contribution in [0.1, 0.15) is 5.56 Å². The number of para-hydroxylation sites is 1. The van der Waals surface area contributed by atoms with E-state index in [0.29, 0.717) is 30.8 Å². The van der Waals surface area contributed by atoms with Crippen molar-refractivity contribution in [3.63, 3.8) is 0 Å². The van der Waals surface area contributed by atoms with Crippen LogP contribution in [0.2, 0.25) is 15.1 Å². The molecule has 0 saturated heterocycles. The molecular formula is C19H10Cl3N3OS. The van der Waals surface area contributed by atoms with E-state index in [9.17, 15) is 4.79 Å². The van der Waals surface area contributed by atoms with Gasteiger partial charge in [0.1, 0.15) is 0 Å². The zero-order valence-electron chi connectivity index (χ0n) is 13.5. The number of carbonyl (C=O) groups excluding carboxylic acids is 1.